The molecule has 0 saturated heterocycles. The Morgan fingerprint density at radius 2 is 1.70 bits per heavy atom. The molecule has 0 bridgehead atoms. The van der Waals surface area contributed by atoms with Gasteiger partial charge < -0.3 is 10.0 Å². The first kappa shape index (κ1) is 19.4. The average molecular weight is 303 g/mol. The van der Waals surface area contributed by atoms with Gasteiger partial charge in [-0.2, -0.15) is 12.6 Å². The summed E-state index contributed by atoms with van der Waals surface area (Å²) < 4.78 is 0. The molecule has 118 valence electrons. The Labute approximate surface area is 128 Å². The highest BCUT2D eigenvalue weighted by molar-refractivity contribution is 7.80. The molecule has 0 spiro atoms. The number of rotatable bonds is 13. The SMILES string of the molecule is CN(C)CCCCCCCC(=O)CC(CCS)C(=O)O. The monoisotopic (exact) mass is 303 g/mol. The van der Waals surface area contributed by atoms with E-state index in [-0.39, 0.29) is 12.2 Å². The minimum Gasteiger partial charge on any atom is -0.481 e. The maximum Gasteiger partial charge on any atom is 0.306 e. The Morgan fingerprint density at radius 1 is 1.10 bits per heavy atom. The van der Waals surface area contributed by atoms with Crippen LogP contribution < -0.4 is 0 Å². The number of ketones is 1. The Morgan fingerprint density at radius 3 is 2.25 bits per heavy atom. The van der Waals surface area contributed by atoms with E-state index in [1.807, 2.05) is 0 Å². The van der Waals surface area contributed by atoms with Crippen LogP contribution in [0.1, 0.15) is 51.4 Å². The second-order valence-electron chi connectivity index (χ2n) is 5.61. The molecule has 1 atom stereocenters. The zero-order valence-corrected chi connectivity index (χ0v) is 13.7. The van der Waals surface area contributed by atoms with Crippen molar-refractivity contribution < 1.29 is 14.7 Å². The van der Waals surface area contributed by atoms with Crippen molar-refractivity contribution in [2.24, 2.45) is 5.92 Å². The maximum absolute atomic E-state index is 11.7. The first-order valence-corrected chi connectivity index (χ1v) is 8.10. The molecule has 0 aromatic heterocycles. The summed E-state index contributed by atoms with van der Waals surface area (Å²) in [7, 11) is 4.14. The molecule has 0 amide bonds. The average Bonchev–Trinajstić information content (AvgIpc) is 2.36. The lowest BCUT2D eigenvalue weighted by molar-refractivity contribution is -0.143. The van der Waals surface area contributed by atoms with Crippen molar-refractivity contribution >= 4 is 24.4 Å². The van der Waals surface area contributed by atoms with E-state index in [2.05, 4.69) is 31.6 Å². The summed E-state index contributed by atoms with van der Waals surface area (Å²) in [5.41, 5.74) is 0. The number of nitrogens with zero attached hydrogens (tertiary/aromatic N) is 1. The molecule has 0 rings (SSSR count). The van der Waals surface area contributed by atoms with E-state index in [4.69, 9.17) is 5.11 Å². The van der Waals surface area contributed by atoms with Crippen molar-refractivity contribution in [3.8, 4) is 0 Å². The van der Waals surface area contributed by atoms with Gasteiger partial charge in [0, 0.05) is 12.8 Å². The lowest BCUT2D eigenvalue weighted by atomic mass is 9.97. The van der Waals surface area contributed by atoms with Crippen LogP contribution in [-0.4, -0.2) is 48.2 Å². The molecule has 0 aliphatic rings. The summed E-state index contributed by atoms with van der Waals surface area (Å²) in [5.74, 6) is -0.848. The topological polar surface area (TPSA) is 57.6 Å². The van der Waals surface area contributed by atoms with Crippen LogP contribution in [0.25, 0.3) is 0 Å². The minimum atomic E-state index is -0.879. The number of Topliss-reactive ketones (excluding diaryl/α,β-unsaturated/α-hetero) is 1. The zero-order chi connectivity index (χ0) is 15.4. The van der Waals surface area contributed by atoms with Crippen LogP contribution in [0.4, 0.5) is 0 Å². The first-order valence-electron chi connectivity index (χ1n) is 7.47. The summed E-state index contributed by atoms with van der Waals surface area (Å²) in [6.07, 6.45) is 6.64. The van der Waals surface area contributed by atoms with Crippen LogP contribution in [0.2, 0.25) is 0 Å². The van der Waals surface area contributed by atoms with E-state index >= 15 is 0 Å². The van der Waals surface area contributed by atoms with Crippen LogP contribution in [0.15, 0.2) is 0 Å². The van der Waals surface area contributed by atoms with E-state index in [1.54, 1.807) is 0 Å². The molecule has 0 heterocycles. The van der Waals surface area contributed by atoms with Crippen LogP contribution in [0.3, 0.4) is 0 Å². The number of carbonyl (C=O) groups excluding carboxylic acids is 1. The zero-order valence-electron chi connectivity index (χ0n) is 12.8. The van der Waals surface area contributed by atoms with E-state index < -0.39 is 11.9 Å². The van der Waals surface area contributed by atoms with Gasteiger partial charge in [-0.25, -0.2) is 0 Å². The fourth-order valence-corrected chi connectivity index (χ4v) is 2.44. The summed E-state index contributed by atoms with van der Waals surface area (Å²) in [4.78, 5) is 24.8. The van der Waals surface area contributed by atoms with Crippen LogP contribution in [-0.2, 0) is 9.59 Å². The molecule has 5 heteroatoms. The van der Waals surface area contributed by atoms with Gasteiger partial charge in [-0.15, -0.1) is 0 Å². The molecule has 20 heavy (non-hydrogen) atoms. The van der Waals surface area contributed by atoms with Crippen molar-refractivity contribution in [3.63, 3.8) is 0 Å². The molecular weight excluding hydrogens is 274 g/mol. The summed E-state index contributed by atoms with van der Waals surface area (Å²) in [5, 5.41) is 8.98. The fraction of sp³-hybridized carbons (Fsp3) is 0.867. The van der Waals surface area contributed by atoms with Crippen LogP contribution in [0.5, 0.6) is 0 Å². The Hall–Kier alpha value is -0.550. The van der Waals surface area contributed by atoms with E-state index in [0.29, 0.717) is 18.6 Å². The molecule has 4 nitrogen and oxygen atoms in total. The van der Waals surface area contributed by atoms with E-state index in [1.165, 1.54) is 12.8 Å². The molecule has 1 unspecified atom stereocenters. The number of hydrogen-bond donors (Lipinski definition) is 2. The molecule has 0 saturated carbocycles. The number of unbranched alkanes of at least 4 members (excludes halogenated alkanes) is 4. The third kappa shape index (κ3) is 11.3. The molecular formula is C15H29NO3S. The largest absolute Gasteiger partial charge is 0.481 e. The lowest BCUT2D eigenvalue weighted by Crippen LogP contribution is -2.18. The van der Waals surface area contributed by atoms with Crippen molar-refractivity contribution in [1.82, 2.24) is 4.90 Å². The normalized spacial score (nSPS) is 12.6. The van der Waals surface area contributed by atoms with Gasteiger partial charge in [-0.1, -0.05) is 19.3 Å². The van der Waals surface area contributed by atoms with Crippen LogP contribution >= 0.6 is 12.6 Å². The second kappa shape index (κ2) is 12.2. The van der Waals surface area contributed by atoms with Crippen molar-refractivity contribution in [1.29, 1.82) is 0 Å². The molecule has 0 fully saturated rings. The maximum atomic E-state index is 11.7. The standard InChI is InChI=1S/C15H29NO3S/c1-16(2)10-7-5-3-4-6-8-14(17)12-13(9-11-20)15(18)19/h13,20H,3-12H2,1-2H3,(H,18,19). The highest BCUT2D eigenvalue weighted by Gasteiger charge is 2.19. The lowest BCUT2D eigenvalue weighted by Gasteiger charge is -2.10. The van der Waals surface area contributed by atoms with Gasteiger partial charge in [0.15, 0.2) is 0 Å². The third-order valence-corrected chi connectivity index (χ3v) is 3.62. The Balaban J connectivity index is 3.60. The number of carbonyl (C=O) groups is 2. The molecule has 0 aromatic carbocycles. The number of carboxylic acids is 1. The Kier molecular flexibility index (Phi) is 11.9. The quantitative estimate of drug-likeness (QED) is 0.406. The number of aliphatic carboxylic acids is 1. The molecule has 0 aliphatic heterocycles. The van der Waals surface area contributed by atoms with Gasteiger partial charge in [0.25, 0.3) is 0 Å². The molecule has 0 aliphatic carbocycles. The summed E-state index contributed by atoms with van der Waals surface area (Å²) >= 11 is 4.03. The molecule has 1 N–H and O–H groups in total. The van der Waals surface area contributed by atoms with Gasteiger partial charge >= 0.3 is 5.97 Å². The van der Waals surface area contributed by atoms with Crippen molar-refractivity contribution in [2.75, 3.05) is 26.4 Å². The number of carboxylic acid groups (broad SMARTS) is 1. The van der Waals surface area contributed by atoms with Crippen molar-refractivity contribution in [2.45, 2.75) is 51.4 Å². The van der Waals surface area contributed by atoms with Crippen LogP contribution in [0, 0.1) is 5.92 Å². The van der Waals surface area contributed by atoms with E-state index in [0.717, 1.165) is 25.8 Å². The summed E-state index contributed by atoms with van der Waals surface area (Å²) in [6.45, 7) is 1.11. The van der Waals surface area contributed by atoms with Gasteiger partial charge in [-0.05, 0) is 45.7 Å². The number of thiol groups is 1. The van der Waals surface area contributed by atoms with Crippen molar-refractivity contribution in [3.05, 3.63) is 0 Å². The van der Waals surface area contributed by atoms with E-state index in [9.17, 15) is 9.59 Å². The second-order valence-corrected chi connectivity index (χ2v) is 6.06. The molecule has 0 radical (unpaired) electrons. The third-order valence-electron chi connectivity index (χ3n) is 3.36. The Bertz CT molecular complexity index is 282. The summed E-state index contributed by atoms with van der Waals surface area (Å²) in [6, 6.07) is 0. The van der Waals surface area contributed by atoms with Gasteiger partial charge in [-0.3, -0.25) is 9.59 Å². The predicted molar refractivity (Wildman–Crippen MR) is 85.5 cm³/mol. The smallest absolute Gasteiger partial charge is 0.306 e. The van der Waals surface area contributed by atoms with Gasteiger partial charge in [0.05, 0.1) is 5.92 Å². The fourth-order valence-electron chi connectivity index (χ4n) is 2.13. The number of hydrogen-bond acceptors (Lipinski definition) is 4. The highest BCUT2D eigenvalue weighted by Crippen LogP contribution is 2.14. The first-order chi connectivity index (χ1) is 9.47. The van der Waals surface area contributed by atoms with Gasteiger partial charge in [0.1, 0.15) is 5.78 Å². The molecule has 0 aromatic rings. The highest BCUT2D eigenvalue weighted by atomic mass is 32.1. The van der Waals surface area contributed by atoms with Gasteiger partial charge in [0.2, 0.25) is 0 Å². The minimum absolute atomic E-state index is 0.0764. The predicted octanol–water partition coefficient (Wildman–Crippen LogP) is 2.87.